The van der Waals surface area contributed by atoms with E-state index in [9.17, 15) is 19.1 Å². The fourth-order valence-electron chi connectivity index (χ4n) is 3.98. The van der Waals surface area contributed by atoms with Crippen LogP contribution in [0.25, 0.3) is 10.9 Å². The number of nitrogens with one attached hydrogen (secondary N) is 3. The second kappa shape index (κ2) is 14.7. The highest BCUT2D eigenvalue weighted by Gasteiger charge is 2.26. The highest BCUT2D eigenvalue weighted by atomic mass is 19.1. The van der Waals surface area contributed by atoms with Gasteiger partial charge in [0.1, 0.15) is 17.6 Å². The van der Waals surface area contributed by atoms with Gasteiger partial charge in [-0.3, -0.25) is 9.59 Å². The van der Waals surface area contributed by atoms with Gasteiger partial charge >= 0.3 is 0 Å². The van der Waals surface area contributed by atoms with Gasteiger partial charge in [0, 0.05) is 17.4 Å². The molecule has 0 bridgehead atoms. The fourth-order valence-corrected chi connectivity index (χ4v) is 3.98. The predicted molar refractivity (Wildman–Crippen MR) is 131 cm³/mol. The zero-order valence-corrected chi connectivity index (χ0v) is 20.1. The maximum atomic E-state index is 13.9. The quantitative estimate of drug-likeness (QED) is 0.258. The molecule has 33 heavy (non-hydrogen) atoms. The van der Waals surface area contributed by atoms with Crippen molar-refractivity contribution in [3.63, 3.8) is 0 Å². The zero-order valence-electron chi connectivity index (χ0n) is 20.1. The van der Waals surface area contributed by atoms with Crippen molar-refractivity contribution < 1.29 is 19.1 Å². The Morgan fingerprint density at radius 3 is 2.18 bits per heavy atom. The Morgan fingerprint density at radius 2 is 1.61 bits per heavy atom. The number of carbonyl (C=O) groups excluding carboxylic acids is 2. The largest absolute Gasteiger partial charge is 0.391 e. The van der Waals surface area contributed by atoms with E-state index < -0.39 is 29.8 Å². The van der Waals surface area contributed by atoms with E-state index in [4.69, 9.17) is 0 Å². The maximum absolute atomic E-state index is 13.9. The third-order valence-electron chi connectivity index (χ3n) is 5.99. The van der Waals surface area contributed by atoms with Crippen molar-refractivity contribution in [2.75, 3.05) is 6.54 Å². The standard InChI is InChI=1S/C26H40FN3O3/c1-3-4-5-6-7-8-9-10-11-12-13-17-28-26(33)24(19(2)31)30-25(32)23-18-20-21(27)15-14-16-22(20)29-23/h14-16,18-19,24,29,31H,3-13,17H2,1-2H3,(H,28,33)(H,30,32)/t19-,24+/m1/s1. The fraction of sp³-hybridized carbons (Fsp3) is 0.615. The summed E-state index contributed by atoms with van der Waals surface area (Å²) in [5.41, 5.74) is 0.633. The number of hydrogen-bond acceptors (Lipinski definition) is 3. The van der Waals surface area contributed by atoms with Crippen LogP contribution < -0.4 is 10.6 Å². The first-order valence-electron chi connectivity index (χ1n) is 12.5. The number of amides is 2. The molecule has 7 heteroatoms. The number of aliphatic hydroxyl groups excluding tert-OH is 1. The number of aliphatic hydroxyl groups is 1. The summed E-state index contributed by atoms with van der Waals surface area (Å²) in [6.07, 6.45) is 12.4. The molecule has 0 saturated heterocycles. The Bertz CT molecular complexity index is 866. The molecule has 2 aromatic rings. The third kappa shape index (κ3) is 9.16. The molecule has 2 atom stereocenters. The lowest BCUT2D eigenvalue weighted by molar-refractivity contribution is -0.125. The van der Waals surface area contributed by atoms with Crippen LogP contribution in [-0.2, 0) is 4.79 Å². The maximum Gasteiger partial charge on any atom is 0.268 e. The Labute approximate surface area is 196 Å². The van der Waals surface area contributed by atoms with Crippen LogP contribution in [-0.4, -0.2) is 40.6 Å². The number of aromatic amines is 1. The number of carbonyl (C=O) groups is 2. The lowest BCUT2D eigenvalue weighted by atomic mass is 10.1. The summed E-state index contributed by atoms with van der Waals surface area (Å²) in [5.74, 6) is -1.42. The van der Waals surface area contributed by atoms with Gasteiger partial charge in [0.2, 0.25) is 5.91 Å². The van der Waals surface area contributed by atoms with Crippen LogP contribution in [0.2, 0.25) is 0 Å². The topological polar surface area (TPSA) is 94.2 Å². The molecule has 1 aromatic carbocycles. The minimum absolute atomic E-state index is 0.138. The van der Waals surface area contributed by atoms with Crippen molar-refractivity contribution in [2.24, 2.45) is 0 Å². The summed E-state index contributed by atoms with van der Waals surface area (Å²) in [6.45, 7) is 4.20. The Hall–Kier alpha value is -2.41. The molecule has 2 rings (SSSR count). The van der Waals surface area contributed by atoms with Gasteiger partial charge in [-0.25, -0.2) is 4.39 Å². The molecular weight excluding hydrogens is 421 g/mol. The van der Waals surface area contributed by atoms with Crippen LogP contribution in [0.15, 0.2) is 24.3 Å². The summed E-state index contributed by atoms with van der Waals surface area (Å²) in [4.78, 5) is 27.9. The third-order valence-corrected chi connectivity index (χ3v) is 5.99. The number of hydrogen-bond donors (Lipinski definition) is 4. The van der Waals surface area contributed by atoms with E-state index in [1.165, 1.54) is 70.4 Å². The molecule has 1 aromatic heterocycles. The van der Waals surface area contributed by atoms with Crippen molar-refractivity contribution in [1.29, 1.82) is 0 Å². The van der Waals surface area contributed by atoms with Gasteiger partial charge in [0.15, 0.2) is 0 Å². The number of fused-ring (bicyclic) bond motifs is 1. The molecule has 0 aliphatic carbocycles. The van der Waals surface area contributed by atoms with Gasteiger partial charge < -0.3 is 20.7 Å². The average molecular weight is 462 g/mol. The highest BCUT2D eigenvalue weighted by molar-refractivity contribution is 6.00. The van der Waals surface area contributed by atoms with Gasteiger partial charge in [0.05, 0.1) is 6.10 Å². The molecule has 0 aliphatic rings. The lowest BCUT2D eigenvalue weighted by Crippen LogP contribution is -2.52. The van der Waals surface area contributed by atoms with Gasteiger partial charge in [0.25, 0.3) is 5.91 Å². The normalized spacial score (nSPS) is 13.1. The average Bonchev–Trinajstić information content (AvgIpc) is 3.23. The van der Waals surface area contributed by atoms with E-state index in [1.54, 1.807) is 12.1 Å². The number of unbranched alkanes of at least 4 members (excludes halogenated alkanes) is 10. The van der Waals surface area contributed by atoms with E-state index >= 15 is 0 Å². The van der Waals surface area contributed by atoms with Crippen molar-refractivity contribution >= 4 is 22.7 Å². The molecule has 1 heterocycles. The summed E-state index contributed by atoms with van der Waals surface area (Å²) >= 11 is 0. The molecule has 0 fully saturated rings. The Morgan fingerprint density at radius 1 is 1.00 bits per heavy atom. The first-order chi connectivity index (χ1) is 15.9. The summed E-state index contributed by atoms with van der Waals surface area (Å²) in [6, 6.07) is 4.86. The Kier molecular flexibility index (Phi) is 11.9. The minimum Gasteiger partial charge on any atom is -0.391 e. The van der Waals surface area contributed by atoms with E-state index in [0.717, 1.165) is 19.3 Å². The van der Waals surface area contributed by atoms with Crippen molar-refractivity contribution in [3.8, 4) is 0 Å². The first-order valence-corrected chi connectivity index (χ1v) is 12.5. The SMILES string of the molecule is CCCCCCCCCCCCCNC(=O)[C@@H](NC(=O)c1cc2c(F)cccc2[nH]1)[C@@H](C)O. The van der Waals surface area contributed by atoms with Gasteiger partial charge in [-0.1, -0.05) is 77.2 Å². The molecule has 0 unspecified atom stereocenters. The van der Waals surface area contributed by atoms with Crippen LogP contribution in [0.4, 0.5) is 4.39 Å². The molecule has 4 N–H and O–H groups in total. The second-order valence-corrected chi connectivity index (χ2v) is 8.90. The van der Waals surface area contributed by atoms with Gasteiger partial charge in [-0.2, -0.15) is 0 Å². The number of H-pyrrole nitrogens is 1. The number of benzene rings is 1. The lowest BCUT2D eigenvalue weighted by Gasteiger charge is -2.20. The zero-order chi connectivity index (χ0) is 24.1. The summed E-state index contributed by atoms with van der Waals surface area (Å²) in [7, 11) is 0. The van der Waals surface area contributed by atoms with E-state index in [0.29, 0.717) is 17.4 Å². The van der Waals surface area contributed by atoms with Crippen LogP contribution in [0.5, 0.6) is 0 Å². The molecule has 2 amide bonds. The van der Waals surface area contributed by atoms with Crippen molar-refractivity contribution in [3.05, 3.63) is 35.8 Å². The van der Waals surface area contributed by atoms with Crippen LogP contribution >= 0.6 is 0 Å². The van der Waals surface area contributed by atoms with Gasteiger partial charge in [-0.05, 0) is 31.5 Å². The minimum atomic E-state index is -1.08. The van der Waals surface area contributed by atoms with Crippen LogP contribution in [0, 0.1) is 5.82 Å². The number of rotatable bonds is 16. The molecule has 0 radical (unpaired) electrons. The van der Waals surface area contributed by atoms with Crippen LogP contribution in [0.3, 0.4) is 0 Å². The summed E-state index contributed by atoms with van der Waals surface area (Å²) < 4.78 is 13.9. The van der Waals surface area contributed by atoms with E-state index in [2.05, 4.69) is 22.5 Å². The number of aromatic nitrogens is 1. The van der Waals surface area contributed by atoms with Gasteiger partial charge in [-0.15, -0.1) is 0 Å². The molecular formula is C26H40FN3O3. The van der Waals surface area contributed by atoms with E-state index in [-0.39, 0.29) is 5.69 Å². The first kappa shape index (κ1) is 26.8. The summed E-state index contributed by atoms with van der Waals surface area (Å²) in [5, 5.41) is 15.7. The number of halogens is 1. The second-order valence-electron chi connectivity index (χ2n) is 8.90. The smallest absolute Gasteiger partial charge is 0.268 e. The molecule has 0 spiro atoms. The van der Waals surface area contributed by atoms with Crippen molar-refractivity contribution in [2.45, 2.75) is 96.6 Å². The molecule has 0 saturated carbocycles. The van der Waals surface area contributed by atoms with Crippen molar-refractivity contribution in [1.82, 2.24) is 15.6 Å². The highest BCUT2D eigenvalue weighted by Crippen LogP contribution is 2.18. The Balaban J connectivity index is 1.67. The monoisotopic (exact) mass is 461 g/mol. The predicted octanol–water partition coefficient (Wildman–Crippen LogP) is 5.21. The molecule has 6 nitrogen and oxygen atoms in total. The molecule has 184 valence electrons. The van der Waals surface area contributed by atoms with Crippen LogP contribution in [0.1, 0.15) is 95.0 Å². The molecule has 0 aliphatic heterocycles. The van der Waals surface area contributed by atoms with E-state index in [1.807, 2.05) is 0 Å².